The number of aliphatic imine (C=N–C) groups is 1. The first-order chi connectivity index (χ1) is 12.1. The second-order valence-electron chi connectivity index (χ2n) is 6.51. The van der Waals surface area contributed by atoms with Crippen molar-refractivity contribution in [2.75, 3.05) is 32.7 Å². The second kappa shape index (κ2) is 12.4. The zero-order valence-corrected chi connectivity index (χ0v) is 18.1. The Morgan fingerprint density at radius 3 is 2.62 bits per heavy atom. The molecule has 0 spiro atoms. The minimum Gasteiger partial charge on any atom is -0.357 e. The summed E-state index contributed by atoms with van der Waals surface area (Å²) in [5.74, 6) is -0.0321. The number of likely N-dealkylation sites (tertiary alicyclic amines) is 1. The predicted molar refractivity (Wildman–Crippen MR) is 114 cm³/mol. The topological polar surface area (TPSA) is 39.7 Å². The number of guanidine groups is 1. The van der Waals surface area contributed by atoms with Crippen LogP contribution in [0.25, 0.3) is 0 Å². The predicted octanol–water partition coefficient (Wildman–Crippen LogP) is 3.55. The highest BCUT2D eigenvalue weighted by Crippen LogP contribution is 2.11. The molecule has 0 aliphatic carbocycles. The molecule has 0 unspecified atom stereocenters. The average molecular weight is 480 g/mol. The summed E-state index contributed by atoms with van der Waals surface area (Å²) in [6, 6.07) is 3.96. The molecule has 1 aliphatic heterocycles. The van der Waals surface area contributed by atoms with Gasteiger partial charge in [0, 0.05) is 32.2 Å². The number of nitrogens with zero attached hydrogens (tertiary/aromatic N) is 2. The summed E-state index contributed by atoms with van der Waals surface area (Å²) < 4.78 is 26.9. The molecule has 0 radical (unpaired) electrons. The Bertz CT molecular complexity index is 560. The van der Waals surface area contributed by atoms with Crippen LogP contribution < -0.4 is 10.6 Å². The van der Waals surface area contributed by atoms with Crippen LogP contribution in [0.2, 0.25) is 0 Å². The van der Waals surface area contributed by atoms with Crippen molar-refractivity contribution in [3.05, 3.63) is 35.4 Å². The first-order valence-corrected chi connectivity index (χ1v) is 9.33. The largest absolute Gasteiger partial charge is 0.357 e. The van der Waals surface area contributed by atoms with Gasteiger partial charge in [-0.3, -0.25) is 4.99 Å². The zero-order chi connectivity index (χ0) is 18.1. The van der Waals surface area contributed by atoms with E-state index in [1.165, 1.54) is 25.1 Å². The minimum atomic E-state index is -0.413. The van der Waals surface area contributed by atoms with Gasteiger partial charge in [-0.15, -0.1) is 24.0 Å². The zero-order valence-electron chi connectivity index (χ0n) is 15.7. The van der Waals surface area contributed by atoms with E-state index < -0.39 is 5.82 Å². The summed E-state index contributed by atoms with van der Waals surface area (Å²) in [6.45, 7) is 8.81. The molecular weight excluding hydrogens is 449 g/mol. The monoisotopic (exact) mass is 480 g/mol. The Morgan fingerprint density at radius 1 is 1.23 bits per heavy atom. The van der Waals surface area contributed by atoms with Gasteiger partial charge < -0.3 is 15.5 Å². The van der Waals surface area contributed by atoms with Crippen molar-refractivity contribution < 1.29 is 8.78 Å². The van der Waals surface area contributed by atoms with E-state index in [1.807, 2.05) is 6.92 Å². The van der Waals surface area contributed by atoms with Crippen molar-refractivity contribution in [2.24, 2.45) is 4.99 Å². The van der Waals surface area contributed by atoms with Crippen LogP contribution in [0.15, 0.2) is 23.2 Å². The standard InChI is InChI=1S/C19H30F2N4.HI/c1-3-11-25-12-8-17(9-13-25)24-19(22-4-2)23-10-7-15-14-16(20)5-6-18(15)21;/h5-6,14,17H,3-4,7-13H2,1-2H3,(H2,22,23,24);1H. The third-order valence-electron chi connectivity index (χ3n) is 4.47. The molecule has 1 fully saturated rings. The lowest BCUT2D eigenvalue weighted by atomic mass is 10.1. The quantitative estimate of drug-likeness (QED) is 0.356. The number of hydrogen-bond acceptors (Lipinski definition) is 2. The number of hydrogen-bond donors (Lipinski definition) is 2. The summed E-state index contributed by atoms with van der Waals surface area (Å²) in [5.41, 5.74) is 0.368. The van der Waals surface area contributed by atoms with Crippen LogP contribution >= 0.6 is 24.0 Å². The highest BCUT2D eigenvalue weighted by molar-refractivity contribution is 14.0. The van der Waals surface area contributed by atoms with Gasteiger partial charge in [-0.05, 0) is 62.9 Å². The number of benzene rings is 1. The SMILES string of the molecule is CCCN1CCC(NC(=NCCc2cc(F)ccc2F)NCC)CC1.I. The molecule has 26 heavy (non-hydrogen) atoms. The first kappa shape index (κ1) is 23.1. The van der Waals surface area contributed by atoms with Crippen LogP contribution in [0.4, 0.5) is 8.78 Å². The van der Waals surface area contributed by atoms with E-state index in [4.69, 9.17) is 0 Å². The lowest BCUT2D eigenvalue weighted by Gasteiger charge is -2.32. The lowest BCUT2D eigenvalue weighted by Crippen LogP contribution is -2.48. The van der Waals surface area contributed by atoms with E-state index in [0.29, 0.717) is 24.6 Å². The fourth-order valence-corrected chi connectivity index (χ4v) is 3.15. The number of halogens is 3. The molecule has 148 valence electrons. The normalized spacial score (nSPS) is 16.2. The second-order valence-corrected chi connectivity index (χ2v) is 6.51. The maximum absolute atomic E-state index is 13.7. The Balaban J connectivity index is 0.00000338. The molecule has 0 aromatic heterocycles. The van der Waals surface area contributed by atoms with Crippen molar-refractivity contribution in [1.82, 2.24) is 15.5 Å². The van der Waals surface area contributed by atoms with Gasteiger partial charge in [-0.25, -0.2) is 8.78 Å². The van der Waals surface area contributed by atoms with Crippen LogP contribution in [-0.4, -0.2) is 49.6 Å². The van der Waals surface area contributed by atoms with Crippen LogP contribution in [0.5, 0.6) is 0 Å². The molecule has 2 N–H and O–H groups in total. The third kappa shape index (κ3) is 7.73. The van der Waals surface area contributed by atoms with E-state index in [0.717, 1.165) is 44.5 Å². The molecule has 7 heteroatoms. The Morgan fingerprint density at radius 2 is 1.96 bits per heavy atom. The first-order valence-electron chi connectivity index (χ1n) is 9.33. The molecular formula is C19H31F2IN4. The van der Waals surface area contributed by atoms with Crippen molar-refractivity contribution in [1.29, 1.82) is 0 Å². The molecule has 0 saturated carbocycles. The van der Waals surface area contributed by atoms with Crippen LogP contribution in [0.3, 0.4) is 0 Å². The Hall–Kier alpha value is -0.960. The van der Waals surface area contributed by atoms with Crippen molar-refractivity contribution in [2.45, 2.75) is 45.6 Å². The molecule has 1 aliphatic rings. The molecule has 1 aromatic rings. The molecule has 1 heterocycles. The maximum atomic E-state index is 13.7. The van der Waals surface area contributed by atoms with Gasteiger partial charge in [-0.1, -0.05) is 6.92 Å². The summed E-state index contributed by atoms with van der Waals surface area (Å²) >= 11 is 0. The van der Waals surface area contributed by atoms with Crippen LogP contribution in [0, 0.1) is 11.6 Å². The number of nitrogens with one attached hydrogen (secondary N) is 2. The maximum Gasteiger partial charge on any atom is 0.191 e. The van der Waals surface area contributed by atoms with E-state index in [9.17, 15) is 8.78 Å². The van der Waals surface area contributed by atoms with Crippen molar-refractivity contribution >= 4 is 29.9 Å². The molecule has 4 nitrogen and oxygen atoms in total. The highest BCUT2D eigenvalue weighted by Gasteiger charge is 2.19. The fourth-order valence-electron chi connectivity index (χ4n) is 3.15. The lowest BCUT2D eigenvalue weighted by molar-refractivity contribution is 0.206. The van der Waals surface area contributed by atoms with Gasteiger partial charge >= 0.3 is 0 Å². The summed E-state index contributed by atoms with van der Waals surface area (Å²) in [5, 5.41) is 6.71. The summed E-state index contributed by atoms with van der Waals surface area (Å²) in [6.07, 6.45) is 3.78. The van der Waals surface area contributed by atoms with Gasteiger partial charge in [-0.2, -0.15) is 0 Å². The van der Waals surface area contributed by atoms with Crippen molar-refractivity contribution in [3.63, 3.8) is 0 Å². The Kier molecular flexibility index (Phi) is 11.0. The van der Waals surface area contributed by atoms with E-state index in [2.05, 4.69) is 27.4 Å². The molecule has 1 aromatic carbocycles. The minimum absolute atomic E-state index is 0. The van der Waals surface area contributed by atoms with Gasteiger partial charge in [0.25, 0.3) is 0 Å². The van der Waals surface area contributed by atoms with Gasteiger partial charge in [0.2, 0.25) is 0 Å². The average Bonchev–Trinajstić information content (AvgIpc) is 2.60. The molecule has 0 atom stereocenters. The van der Waals surface area contributed by atoms with Crippen LogP contribution in [-0.2, 0) is 6.42 Å². The summed E-state index contributed by atoms with van der Waals surface area (Å²) in [4.78, 5) is 7.02. The van der Waals surface area contributed by atoms with E-state index in [-0.39, 0.29) is 29.8 Å². The molecule has 0 bridgehead atoms. The van der Waals surface area contributed by atoms with Crippen molar-refractivity contribution in [3.8, 4) is 0 Å². The fraction of sp³-hybridized carbons (Fsp3) is 0.632. The van der Waals surface area contributed by atoms with Gasteiger partial charge in [0.1, 0.15) is 11.6 Å². The highest BCUT2D eigenvalue weighted by atomic mass is 127. The van der Waals surface area contributed by atoms with E-state index in [1.54, 1.807) is 0 Å². The number of piperidine rings is 1. The van der Waals surface area contributed by atoms with E-state index >= 15 is 0 Å². The summed E-state index contributed by atoms with van der Waals surface area (Å²) in [7, 11) is 0. The Labute approximate surface area is 172 Å². The van der Waals surface area contributed by atoms with Crippen LogP contribution in [0.1, 0.15) is 38.7 Å². The molecule has 0 amide bonds. The molecule has 1 saturated heterocycles. The number of rotatable bonds is 7. The van der Waals surface area contributed by atoms with Gasteiger partial charge in [0.15, 0.2) is 5.96 Å². The third-order valence-corrected chi connectivity index (χ3v) is 4.47. The smallest absolute Gasteiger partial charge is 0.191 e. The molecule has 2 rings (SSSR count). The van der Waals surface area contributed by atoms with Gasteiger partial charge in [0.05, 0.1) is 0 Å².